The molecular formula is C28H49NO4S. The largest absolute Gasteiger partial charge is 0.393 e. The fraction of sp³-hybridized carbons (Fsp3) is 0.964. The predicted molar refractivity (Wildman–Crippen MR) is 137 cm³/mol. The number of rotatable bonds is 7. The number of aliphatic hydroxyl groups is 1. The number of hydrogen-bond donors (Lipinski definition) is 2. The molecule has 0 aromatic rings. The molecule has 10 atom stereocenters. The minimum absolute atomic E-state index is 0.00465. The molecule has 1 amide bonds. The second-order valence-corrected chi connectivity index (χ2v) is 15.6. The number of amides is 1. The Hall–Kier alpha value is -0.620. The smallest absolute Gasteiger partial charge is 0.222 e. The van der Waals surface area contributed by atoms with Gasteiger partial charge in [0.1, 0.15) is 9.84 Å². The SMILES string of the molecule is C[C@H](C[C@H](C)C(=O)NCCS(C)(=O)=O)[C@H]1CCC2C3CCC4C[C@H](O)CC[C@]4(C)C3CC[C@@]21C. The third-order valence-electron chi connectivity index (χ3n) is 11.3. The summed E-state index contributed by atoms with van der Waals surface area (Å²) in [5.74, 6) is 4.26. The van der Waals surface area contributed by atoms with E-state index in [4.69, 9.17) is 0 Å². The summed E-state index contributed by atoms with van der Waals surface area (Å²) in [5.41, 5.74) is 0.802. The molecule has 4 unspecified atom stereocenters. The molecule has 0 aromatic carbocycles. The van der Waals surface area contributed by atoms with Gasteiger partial charge in [0.15, 0.2) is 0 Å². The molecule has 196 valence electrons. The van der Waals surface area contributed by atoms with Crippen LogP contribution in [0.5, 0.6) is 0 Å². The van der Waals surface area contributed by atoms with E-state index in [2.05, 4.69) is 26.1 Å². The van der Waals surface area contributed by atoms with Crippen LogP contribution in [0, 0.1) is 52.3 Å². The summed E-state index contributed by atoms with van der Waals surface area (Å²) in [5, 5.41) is 13.1. The third kappa shape index (κ3) is 4.96. The van der Waals surface area contributed by atoms with Crippen molar-refractivity contribution in [3.8, 4) is 0 Å². The Labute approximate surface area is 208 Å². The molecule has 0 aromatic heterocycles. The van der Waals surface area contributed by atoms with Gasteiger partial charge in [0.2, 0.25) is 5.91 Å². The normalized spacial score (nSPS) is 43.8. The van der Waals surface area contributed by atoms with Crippen LogP contribution in [0.1, 0.15) is 91.9 Å². The van der Waals surface area contributed by atoms with E-state index in [0.29, 0.717) is 28.6 Å². The number of carbonyl (C=O) groups is 1. The summed E-state index contributed by atoms with van der Waals surface area (Å²) in [6.45, 7) is 9.68. The highest BCUT2D eigenvalue weighted by atomic mass is 32.2. The van der Waals surface area contributed by atoms with Crippen molar-refractivity contribution in [2.24, 2.45) is 52.3 Å². The quantitative estimate of drug-likeness (QED) is 0.530. The Kier molecular flexibility index (Phi) is 7.53. The van der Waals surface area contributed by atoms with Crippen LogP contribution < -0.4 is 5.32 Å². The van der Waals surface area contributed by atoms with E-state index in [0.717, 1.165) is 37.0 Å². The second-order valence-electron chi connectivity index (χ2n) is 13.3. The van der Waals surface area contributed by atoms with Gasteiger partial charge in [-0.2, -0.15) is 0 Å². The molecule has 4 rings (SSSR count). The van der Waals surface area contributed by atoms with Crippen molar-refractivity contribution in [2.75, 3.05) is 18.6 Å². The Morgan fingerprint density at radius 1 is 1.00 bits per heavy atom. The third-order valence-corrected chi connectivity index (χ3v) is 12.3. The molecule has 0 aliphatic heterocycles. The van der Waals surface area contributed by atoms with Gasteiger partial charge in [0.25, 0.3) is 0 Å². The summed E-state index contributed by atoms with van der Waals surface area (Å²) in [7, 11) is -3.05. The molecule has 0 bridgehead atoms. The zero-order chi connectivity index (χ0) is 24.9. The Morgan fingerprint density at radius 2 is 1.68 bits per heavy atom. The van der Waals surface area contributed by atoms with Gasteiger partial charge in [-0.25, -0.2) is 8.42 Å². The summed E-state index contributed by atoms with van der Waals surface area (Å²) < 4.78 is 22.7. The van der Waals surface area contributed by atoms with Crippen LogP contribution in [0.25, 0.3) is 0 Å². The van der Waals surface area contributed by atoms with Crippen LogP contribution in [0.3, 0.4) is 0 Å². The monoisotopic (exact) mass is 495 g/mol. The summed E-state index contributed by atoms with van der Waals surface area (Å²) in [6.07, 6.45) is 13.1. The number of hydrogen-bond acceptors (Lipinski definition) is 4. The molecule has 4 fully saturated rings. The summed E-state index contributed by atoms with van der Waals surface area (Å²) >= 11 is 0. The van der Waals surface area contributed by atoms with Crippen molar-refractivity contribution in [1.82, 2.24) is 5.32 Å². The van der Waals surface area contributed by atoms with Gasteiger partial charge in [-0.15, -0.1) is 0 Å². The van der Waals surface area contributed by atoms with Crippen LogP contribution in [0.4, 0.5) is 0 Å². The van der Waals surface area contributed by atoms with Gasteiger partial charge < -0.3 is 10.4 Å². The average Bonchev–Trinajstić information content (AvgIpc) is 3.10. The number of nitrogens with one attached hydrogen (secondary N) is 1. The number of aliphatic hydroxyl groups excluding tert-OH is 1. The van der Waals surface area contributed by atoms with Gasteiger partial charge in [-0.1, -0.05) is 27.7 Å². The maximum absolute atomic E-state index is 12.6. The topological polar surface area (TPSA) is 83.5 Å². The van der Waals surface area contributed by atoms with Crippen molar-refractivity contribution in [1.29, 1.82) is 0 Å². The predicted octanol–water partition coefficient (Wildman–Crippen LogP) is 4.83. The summed E-state index contributed by atoms with van der Waals surface area (Å²) in [4.78, 5) is 12.6. The van der Waals surface area contributed by atoms with Crippen LogP contribution in [-0.4, -0.2) is 44.1 Å². The van der Waals surface area contributed by atoms with E-state index in [1.807, 2.05) is 6.92 Å². The van der Waals surface area contributed by atoms with E-state index in [9.17, 15) is 18.3 Å². The molecular weight excluding hydrogens is 446 g/mol. The maximum Gasteiger partial charge on any atom is 0.222 e. The van der Waals surface area contributed by atoms with E-state index < -0.39 is 9.84 Å². The molecule has 2 N–H and O–H groups in total. The van der Waals surface area contributed by atoms with Gasteiger partial charge in [-0.3, -0.25) is 4.79 Å². The lowest BCUT2D eigenvalue weighted by Crippen LogP contribution is -2.54. The molecule has 0 radical (unpaired) electrons. The second kappa shape index (κ2) is 9.68. The van der Waals surface area contributed by atoms with Crippen molar-refractivity contribution < 1.29 is 18.3 Å². The highest BCUT2D eigenvalue weighted by Crippen LogP contribution is 2.68. The molecule has 6 heteroatoms. The first-order chi connectivity index (χ1) is 15.8. The zero-order valence-corrected chi connectivity index (χ0v) is 23.0. The van der Waals surface area contributed by atoms with E-state index in [-0.39, 0.29) is 30.2 Å². The molecule has 4 aliphatic carbocycles. The van der Waals surface area contributed by atoms with Crippen molar-refractivity contribution in [3.63, 3.8) is 0 Å². The molecule has 4 aliphatic rings. The average molecular weight is 496 g/mol. The fourth-order valence-corrected chi connectivity index (χ4v) is 10.0. The first kappa shape index (κ1) is 26.4. The van der Waals surface area contributed by atoms with Crippen LogP contribution >= 0.6 is 0 Å². The van der Waals surface area contributed by atoms with Gasteiger partial charge in [-0.05, 0) is 111 Å². The van der Waals surface area contributed by atoms with E-state index in [1.54, 1.807) is 0 Å². The van der Waals surface area contributed by atoms with Crippen molar-refractivity contribution >= 4 is 15.7 Å². The standard InChI is InChI=1S/C28H49NO4S/c1-18(16-19(2)26(31)29-14-15-34(5,32)33)23-8-9-24-22-7-6-20-17-21(30)10-12-27(20,3)25(22)11-13-28(23,24)4/h18-25,30H,6-17H2,1-5H3,(H,29,31)/t18-,19+,20?,21-,22?,23-,24?,25?,27+,28-/m1/s1. The molecule has 34 heavy (non-hydrogen) atoms. The van der Waals surface area contributed by atoms with E-state index >= 15 is 0 Å². The summed E-state index contributed by atoms with van der Waals surface area (Å²) in [6, 6.07) is 0. The first-order valence-electron chi connectivity index (χ1n) is 14.0. The lowest BCUT2D eigenvalue weighted by molar-refractivity contribution is -0.131. The highest BCUT2D eigenvalue weighted by molar-refractivity contribution is 7.90. The Morgan fingerprint density at radius 3 is 2.38 bits per heavy atom. The maximum atomic E-state index is 12.6. The highest BCUT2D eigenvalue weighted by Gasteiger charge is 2.60. The van der Waals surface area contributed by atoms with Crippen LogP contribution in [0.15, 0.2) is 0 Å². The van der Waals surface area contributed by atoms with Crippen LogP contribution in [-0.2, 0) is 14.6 Å². The minimum Gasteiger partial charge on any atom is -0.393 e. The lowest BCUT2D eigenvalue weighted by Gasteiger charge is -2.61. The first-order valence-corrected chi connectivity index (χ1v) is 16.0. The fourth-order valence-electron chi connectivity index (χ4n) is 9.57. The van der Waals surface area contributed by atoms with Crippen LogP contribution in [0.2, 0.25) is 0 Å². The zero-order valence-electron chi connectivity index (χ0n) is 22.2. The number of carbonyl (C=O) groups excluding carboxylic acids is 1. The minimum atomic E-state index is -3.05. The van der Waals surface area contributed by atoms with Gasteiger partial charge in [0, 0.05) is 18.7 Å². The molecule has 0 spiro atoms. The van der Waals surface area contributed by atoms with Gasteiger partial charge in [0.05, 0.1) is 11.9 Å². The lowest BCUT2D eigenvalue weighted by atomic mass is 9.44. The Balaban J connectivity index is 1.38. The molecule has 0 heterocycles. The number of sulfone groups is 1. The van der Waals surface area contributed by atoms with Gasteiger partial charge >= 0.3 is 0 Å². The Bertz CT molecular complexity index is 858. The molecule has 0 saturated heterocycles. The number of fused-ring (bicyclic) bond motifs is 5. The van der Waals surface area contributed by atoms with E-state index in [1.165, 1.54) is 51.2 Å². The molecule has 5 nitrogen and oxygen atoms in total. The van der Waals surface area contributed by atoms with Crippen molar-refractivity contribution in [3.05, 3.63) is 0 Å². The molecule has 4 saturated carbocycles. The van der Waals surface area contributed by atoms with Crippen molar-refractivity contribution in [2.45, 2.75) is 98.0 Å².